The number of halogens is 1. The molecule has 1 unspecified atom stereocenters. The Labute approximate surface area is 127 Å². The van der Waals surface area contributed by atoms with Crippen LogP contribution in [0.5, 0.6) is 5.75 Å². The van der Waals surface area contributed by atoms with Gasteiger partial charge in [0.05, 0.1) is 0 Å². The van der Waals surface area contributed by atoms with Crippen LogP contribution in [0.1, 0.15) is 45.4 Å². The van der Waals surface area contributed by atoms with Gasteiger partial charge >= 0.3 is 0 Å². The van der Waals surface area contributed by atoms with Gasteiger partial charge in [-0.25, -0.2) is 0 Å². The highest BCUT2D eigenvalue weighted by molar-refractivity contribution is 6.30. The van der Waals surface area contributed by atoms with Crippen LogP contribution in [0.4, 0.5) is 0 Å². The molecular weight excluding hydrogens is 270 g/mol. The summed E-state index contributed by atoms with van der Waals surface area (Å²) in [5.41, 5.74) is 0. The Bertz CT molecular complexity index is 390. The van der Waals surface area contributed by atoms with E-state index in [0.29, 0.717) is 6.04 Å². The molecule has 0 heterocycles. The normalized spacial score (nSPS) is 17.9. The maximum atomic E-state index is 5.98. The molecule has 1 aliphatic carbocycles. The second-order valence-corrected chi connectivity index (χ2v) is 6.20. The summed E-state index contributed by atoms with van der Waals surface area (Å²) in [6.45, 7) is 3.88. The van der Waals surface area contributed by atoms with Crippen molar-refractivity contribution in [1.82, 2.24) is 5.32 Å². The summed E-state index contributed by atoms with van der Waals surface area (Å²) in [5, 5.41) is 4.29. The second kappa shape index (κ2) is 8.53. The second-order valence-electron chi connectivity index (χ2n) is 5.76. The van der Waals surface area contributed by atoms with Gasteiger partial charge in [0.2, 0.25) is 0 Å². The SMILES string of the molecule is CCNC(COc1cccc(Cl)c1)CC1CCCCC1. The Kier molecular flexibility index (Phi) is 6.68. The highest BCUT2D eigenvalue weighted by atomic mass is 35.5. The standard InChI is InChI=1S/C17H26ClNO/c1-2-19-16(11-14-7-4-3-5-8-14)13-20-17-10-6-9-15(18)12-17/h6,9-10,12,14,16,19H,2-5,7-8,11,13H2,1H3. The molecule has 3 heteroatoms. The molecule has 0 radical (unpaired) electrons. The van der Waals surface area contributed by atoms with Gasteiger partial charge in [0.25, 0.3) is 0 Å². The average molecular weight is 296 g/mol. The lowest BCUT2D eigenvalue weighted by Gasteiger charge is -2.27. The summed E-state index contributed by atoms with van der Waals surface area (Å²) in [5.74, 6) is 1.74. The summed E-state index contributed by atoms with van der Waals surface area (Å²) < 4.78 is 5.90. The molecule has 112 valence electrons. The summed E-state index contributed by atoms with van der Waals surface area (Å²) in [7, 11) is 0. The molecule has 0 amide bonds. The van der Waals surface area contributed by atoms with Gasteiger partial charge in [-0.2, -0.15) is 0 Å². The molecule has 0 saturated heterocycles. The van der Waals surface area contributed by atoms with Crippen LogP contribution in [-0.4, -0.2) is 19.2 Å². The van der Waals surface area contributed by atoms with Crippen LogP contribution in [0.25, 0.3) is 0 Å². The summed E-state index contributed by atoms with van der Waals surface area (Å²) in [4.78, 5) is 0. The van der Waals surface area contributed by atoms with Crippen molar-refractivity contribution in [3.05, 3.63) is 29.3 Å². The van der Waals surface area contributed by atoms with Gasteiger partial charge in [0.1, 0.15) is 12.4 Å². The van der Waals surface area contributed by atoms with Crippen molar-refractivity contribution in [2.45, 2.75) is 51.5 Å². The fraction of sp³-hybridized carbons (Fsp3) is 0.647. The van der Waals surface area contributed by atoms with E-state index in [-0.39, 0.29) is 0 Å². The summed E-state index contributed by atoms with van der Waals surface area (Å²) in [6.07, 6.45) is 8.23. The smallest absolute Gasteiger partial charge is 0.120 e. The van der Waals surface area contributed by atoms with Crippen molar-refractivity contribution in [2.24, 2.45) is 5.92 Å². The van der Waals surface area contributed by atoms with Crippen molar-refractivity contribution in [3.8, 4) is 5.75 Å². The topological polar surface area (TPSA) is 21.3 Å². The van der Waals surface area contributed by atoms with Gasteiger partial charge in [-0.15, -0.1) is 0 Å². The van der Waals surface area contributed by atoms with Gasteiger partial charge in [-0.05, 0) is 37.1 Å². The lowest BCUT2D eigenvalue weighted by atomic mass is 9.85. The summed E-state index contributed by atoms with van der Waals surface area (Å²) in [6, 6.07) is 8.10. The monoisotopic (exact) mass is 295 g/mol. The molecule has 1 aromatic rings. The van der Waals surface area contributed by atoms with E-state index in [4.69, 9.17) is 16.3 Å². The van der Waals surface area contributed by atoms with E-state index < -0.39 is 0 Å². The maximum absolute atomic E-state index is 5.98. The van der Waals surface area contributed by atoms with Gasteiger partial charge in [-0.1, -0.05) is 56.7 Å². The van der Waals surface area contributed by atoms with E-state index in [1.807, 2.05) is 24.3 Å². The van der Waals surface area contributed by atoms with Crippen LogP contribution in [-0.2, 0) is 0 Å². The Morgan fingerprint density at radius 1 is 1.30 bits per heavy atom. The molecule has 0 aromatic heterocycles. The molecule has 1 saturated carbocycles. The number of likely N-dealkylation sites (N-methyl/N-ethyl adjacent to an activating group) is 1. The molecule has 0 spiro atoms. The quantitative estimate of drug-likeness (QED) is 0.789. The molecule has 1 aromatic carbocycles. The number of benzene rings is 1. The Morgan fingerprint density at radius 3 is 2.80 bits per heavy atom. The Hall–Kier alpha value is -0.730. The first-order chi connectivity index (χ1) is 9.78. The first-order valence-electron chi connectivity index (χ1n) is 7.89. The first kappa shape index (κ1) is 15.7. The zero-order valence-corrected chi connectivity index (χ0v) is 13.2. The van der Waals surface area contributed by atoms with Crippen molar-refractivity contribution in [2.75, 3.05) is 13.2 Å². The molecule has 0 bridgehead atoms. The number of hydrogen-bond donors (Lipinski definition) is 1. The third kappa shape index (κ3) is 5.34. The number of rotatable bonds is 7. The van der Waals surface area contributed by atoms with Gasteiger partial charge in [0.15, 0.2) is 0 Å². The first-order valence-corrected chi connectivity index (χ1v) is 8.27. The molecule has 2 rings (SSSR count). The third-order valence-corrected chi connectivity index (χ3v) is 4.32. The minimum Gasteiger partial charge on any atom is -0.492 e. The minimum absolute atomic E-state index is 0.446. The van der Waals surface area contributed by atoms with Gasteiger partial charge in [0, 0.05) is 11.1 Å². The zero-order chi connectivity index (χ0) is 14.2. The number of nitrogens with one attached hydrogen (secondary N) is 1. The molecule has 2 nitrogen and oxygen atoms in total. The molecule has 1 aliphatic rings. The number of hydrogen-bond acceptors (Lipinski definition) is 2. The van der Waals surface area contributed by atoms with E-state index in [0.717, 1.165) is 29.8 Å². The van der Waals surface area contributed by atoms with E-state index in [2.05, 4.69) is 12.2 Å². The molecular formula is C17H26ClNO. The van der Waals surface area contributed by atoms with E-state index in [1.165, 1.54) is 38.5 Å². The Morgan fingerprint density at radius 2 is 2.10 bits per heavy atom. The molecule has 0 aliphatic heterocycles. The lowest BCUT2D eigenvalue weighted by molar-refractivity contribution is 0.221. The minimum atomic E-state index is 0.446. The Balaban J connectivity index is 1.81. The lowest BCUT2D eigenvalue weighted by Crippen LogP contribution is -2.36. The van der Waals surface area contributed by atoms with E-state index >= 15 is 0 Å². The summed E-state index contributed by atoms with van der Waals surface area (Å²) >= 11 is 5.98. The van der Waals surface area contributed by atoms with Crippen LogP contribution < -0.4 is 10.1 Å². The van der Waals surface area contributed by atoms with Gasteiger partial charge in [-0.3, -0.25) is 0 Å². The molecule has 1 fully saturated rings. The zero-order valence-electron chi connectivity index (χ0n) is 12.4. The van der Waals surface area contributed by atoms with E-state index in [9.17, 15) is 0 Å². The highest BCUT2D eigenvalue weighted by Crippen LogP contribution is 2.27. The van der Waals surface area contributed by atoms with Crippen LogP contribution >= 0.6 is 11.6 Å². The van der Waals surface area contributed by atoms with Crippen molar-refractivity contribution < 1.29 is 4.74 Å². The molecule has 20 heavy (non-hydrogen) atoms. The van der Waals surface area contributed by atoms with Crippen LogP contribution in [0.3, 0.4) is 0 Å². The van der Waals surface area contributed by atoms with Crippen LogP contribution in [0.2, 0.25) is 5.02 Å². The highest BCUT2D eigenvalue weighted by Gasteiger charge is 2.19. The molecule has 1 N–H and O–H groups in total. The fourth-order valence-corrected chi connectivity index (χ4v) is 3.26. The van der Waals surface area contributed by atoms with Crippen LogP contribution in [0.15, 0.2) is 24.3 Å². The van der Waals surface area contributed by atoms with Crippen molar-refractivity contribution in [3.63, 3.8) is 0 Å². The fourth-order valence-electron chi connectivity index (χ4n) is 3.08. The maximum Gasteiger partial charge on any atom is 0.120 e. The van der Waals surface area contributed by atoms with Crippen molar-refractivity contribution in [1.29, 1.82) is 0 Å². The predicted molar refractivity (Wildman–Crippen MR) is 85.6 cm³/mol. The average Bonchev–Trinajstić information content (AvgIpc) is 2.46. The largest absolute Gasteiger partial charge is 0.492 e. The third-order valence-electron chi connectivity index (χ3n) is 4.08. The van der Waals surface area contributed by atoms with Gasteiger partial charge < -0.3 is 10.1 Å². The van der Waals surface area contributed by atoms with Crippen LogP contribution in [0, 0.1) is 5.92 Å². The molecule has 1 atom stereocenters. The van der Waals surface area contributed by atoms with Crippen molar-refractivity contribution >= 4 is 11.6 Å². The van der Waals surface area contributed by atoms with E-state index in [1.54, 1.807) is 0 Å². The number of ether oxygens (including phenoxy) is 1. The predicted octanol–water partition coefficient (Wildman–Crippen LogP) is 4.67.